The number of hydrogen-bond donors (Lipinski definition) is 1. The van der Waals surface area contributed by atoms with Gasteiger partial charge in [-0.2, -0.15) is 0 Å². The van der Waals surface area contributed by atoms with Crippen LogP contribution in [0.4, 0.5) is 0 Å². The lowest BCUT2D eigenvalue weighted by molar-refractivity contribution is -0.121. The summed E-state index contributed by atoms with van der Waals surface area (Å²) in [4.78, 5) is 12.2. The van der Waals surface area contributed by atoms with Crippen LogP contribution in [0.5, 0.6) is 0 Å². The second-order valence-electron chi connectivity index (χ2n) is 5.83. The summed E-state index contributed by atoms with van der Waals surface area (Å²) in [5.74, 6) is -0.0556. The zero-order valence-electron chi connectivity index (χ0n) is 14.2. The molecule has 0 heterocycles. The smallest absolute Gasteiger partial charge is 0.242 e. The number of aryl methyl sites for hydroxylation is 1. The van der Waals surface area contributed by atoms with Gasteiger partial charge in [0, 0.05) is 32.1 Å². The predicted octanol–water partition coefficient (Wildman–Crippen LogP) is 2.84. The predicted molar refractivity (Wildman–Crippen MR) is 98.9 cm³/mol. The average Bonchev–Trinajstić information content (AvgIpc) is 2.59. The quantitative estimate of drug-likeness (QED) is 0.803. The topological polar surface area (TPSA) is 66.5 Å². The molecule has 1 N–H and O–H groups in total. The first-order valence-corrected chi connectivity index (χ1v) is 9.63. The van der Waals surface area contributed by atoms with Crippen LogP contribution in [0.1, 0.15) is 17.5 Å². The van der Waals surface area contributed by atoms with E-state index in [1.54, 1.807) is 36.4 Å². The van der Waals surface area contributed by atoms with Gasteiger partial charge in [0.1, 0.15) is 0 Å². The maximum Gasteiger partial charge on any atom is 0.242 e. The summed E-state index contributed by atoms with van der Waals surface area (Å²) < 4.78 is 25.2. The number of carbonyl (C=O) groups is 1. The highest BCUT2D eigenvalue weighted by atomic mass is 35.5. The first-order valence-electron chi connectivity index (χ1n) is 7.81. The fraction of sp³-hybridized carbons (Fsp3) is 0.278. The Labute approximate surface area is 153 Å². The Morgan fingerprint density at radius 1 is 1.00 bits per heavy atom. The van der Waals surface area contributed by atoms with E-state index in [1.807, 2.05) is 12.1 Å². The number of nitrogens with zero attached hydrogens (tertiary/aromatic N) is 1. The van der Waals surface area contributed by atoms with Crippen LogP contribution in [0, 0.1) is 0 Å². The van der Waals surface area contributed by atoms with Crippen LogP contribution in [0.3, 0.4) is 0 Å². The number of nitrogens with one attached hydrogen (secondary N) is 1. The van der Waals surface area contributed by atoms with Crippen molar-refractivity contribution in [2.45, 2.75) is 24.3 Å². The Hall–Kier alpha value is -1.89. The van der Waals surface area contributed by atoms with E-state index in [9.17, 15) is 13.2 Å². The summed E-state index contributed by atoms with van der Waals surface area (Å²) >= 11 is 5.82. The monoisotopic (exact) mass is 380 g/mol. The minimum atomic E-state index is -3.42. The van der Waals surface area contributed by atoms with E-state index in [0.717, 1.165) is 11.1 Å². The molecule has 25 heavy (non-hydrogen) atoms. The summed E-state index contributed by atoms with van der Waals surface area (Å²) in [5, 5.41) is 3.52. The van der Waals surface area contributed by atoms with Gasteiger partial charge in [-0.15, -0.1) is 0 Å². The van der Waals surface area contributed by atoms with Gasteiger partial charge in [0.05, 0.1) is 4.90 Å². The van der Waals surface area contributed by atoms with Crippen molar-refractivity contribution in [3.05, 3.63) is 64.7 Å². The number of hydrogen-bond acceptors (Lipinski definition) is 3. The van der Waals surface area contributed by atoms with Gasteiger partial charge >= 0.3 is 0 Å². The highest BCUT2D eigenvalue weighted by Gasteiger charge is 2.16. The van der Waals surface area contributed by atoms with Crippen molar-refractivity contribution >= 4 is 27.5 Å². The minimum Gasteiger partial charge on any atom is -0.352 e. The molecule has 2 rings (SSSR count). The van der Waals surface area contributed by atoms with E-state index in [-0.39, 0.29) is 10.8 Å². The fourth-order valence-electron chi connectivity index (χ4n) is 2.19. The highest BCUT2D eigenvalue weighted by Crippen LogP contribution is 2.15. The number of sulfonamides is 1. The molecule has 0 spiro atoms. The zero-order chi connectivity index (χ0) is 18.4. The number of amides is 1. The van der Waals surface area contributed by atoms with Crippen LogP contribution in [0.2, 0.25) is 5.02 Å². The fourth-order valence-corrected chi connectivity index (χ4v) is 3.22. The molecular formula is C18H21ClN2O3S. The largest absolute Gasteiger partial charge is 0.352 e. The Morgan fingerprint density at radius 3 is 2.12 bits per heavy atom. The first kappa shape index (κ1) is 19.4. The Morgan fingerprint density at radius 2 is 1.56 bits per heavy atom. The molecule has 1 amide bonds. The van der Waals surface area contributed by atoms with Crippen molar-refractivity contribution in [3.8, 4) is 0 Å². The number of benzene rings is 2. The lowest BCUT2D eigenvalue weighted by atomic mass is 10.1. The number of carbonyl (C=O) groups excluding carboxylic acids is 1. The Kier molecular flexibility index (Phi) is 6.58. The molecule has 0 saturated carbocycles. The molecule has 0 fully saturated rings. The third-order valence-corrected chi connectivity index (χ3v) is 5.83. The molecule has 0 bridgehead atoms. The van der Waals surface area contributed by atoms with Gasteiger partial charge in [-0.05, 0) is 41.8 Å². The molecule has 2 aromatic carbocycles. The van der Waals surface area contributed by atoms with Gasteiger partial charge in [-0.1, -0.05) is 35.9 Å². The number of halogens is 1. The van der Waals surface area contributed by atoms with Crippen LogP contribution in [-0.2, 0) is 27.8 Å². The Balaban J connectivity index is 1.84. The van der Waals surface area contributed by atoms with Crippen molar-refractivity contribution in [1.29, 1.82) is 0 Å². The van der Waals surface area contributed by atoms with E-state index in [0.29, 0.717) is 24.4 Å². The lowest BCUT2D eigenvalue weighted by Gasteiger charge is -2.11. The molecule has 7 heteroatoms. The maximum atomic E-state index is 12.0. The van der Waals surface area contributed by atoms with Gasteiger partial charge in [0.15, 0.2) is 0 Å². The summed E-state index contributed by atoms with van der Waals surface area (Å²) in [5.41, 5.74) is 1.90. The SMILES string of the molecule is CN(C)S(=O)(=O)c1ccc(CCC(=O)NCc2ccc(Cl)cc2)cc1. The Bertz CT molecular complexity index is 816. The summed E-state index contributed by atoms with van der Waals surface area (Å²) in [6.45, 7) is 0.454. The minimum absolute atomic E-state index is 0.0556. The molecule has 0 aliphatic rings. The van der Waals surface area contributed by atoms with Crippen LogP contribution in [0.15, 0.2) is 53.4 Å². The van der Waals surface area contributed by atoms with E-state index in [1.165, 1.54) is 18.4 Å². The van der Waals surface area contributed by atoms with E-state index in [2.05, 4.69) is 5.32 Å². The lowest BCUT2D eigenvalue weighted by Crippen LogP contribution is -2.23. The van der Waals surface area contributed by atoms with Gasteiger partial charge in [-0.3, -0.25) is 4.79 Å². The van der Waals surface area contributed by atoms with Gasteiger partial charge in [0.2, 0.25) is 15.9 Å². The molecule has 5 nitrogen and oxygen atoms in total. The van der Waals surface area contributed by atoms with Crippen LogP contribution < -0.4 is 5.32 Å². The first-order chi connectivity index (χ1) is 11.8. The van der Waals surface area contributed by atoms with Crippen molar-refractivity contribution in [2.24, 2.45) is 0 Å². The van der Waals surface area contributed by atoms with Gasteiger partial charge in [-0.25, -0.2) is 12.7 Å². The molecule has 0 aliphatic heterocycles. The van der Waals surface area contributed by atoms with Crippen molar-refractivity contribution in [1.82, 2.24) is 9.62 Å². The average molecular weight is 381 g/mol. The molecule has 0 atom stereocenters. The van der Waals surface area contributed by atoms with Crippen molar-refractivity contribution in [2.75, 3.05) is 14.1 Å². The molecule has 0 saturated heterocycles. The third kappa shape index (κ3) is 5.56. The molecule has 0 radical (unpaired) electrons. The molecule has 0 aliphatic carbocycles. The molecular weight excluding hydrogens is 360 g/mol. The summed E-state index contributed by atoms with van der Waals surface area (Å²) in [6, 6.07) is 13.9. The molecule has 2 aromatic rings. The summed E-state index contributed by atoms with van der Waals surface area (Å²) in [6.07, 6.45) is 0.891. The molecule has 0 aromatic heterocycles. The second kappa shape index (κ2) is 8.47. The normalized spacial score (nSPS) is 11.5. The van der Waals surface area contributed by atoms with Crippen molar-refractivity contribution in [3.63, 3.8) is 0 Å². The standard InChI is InChI=1S/C18H21ClN2O3S/c1-21(2)25(23,24)17-10-5-14(6-11-17)7-12-18(22)20-13-15-3-8-16(19)9-4-15/h3-6,8-11H,7,12-13H2,1-2H3,(H,20,22). The van der Waals surface area contributed by atoms with Crippen LogP contribution >= 0.6 is 11.6 Å². The molecule has 0 unspecified atom stereocenters. The van der Waals surface area contributed by atoms with E-state index >= 15 is 0 Å². The van der Waals surface area contributed by atoms with Crippen LogP contribution in [0.25, 0.3) is 0 Å². The third-order valence-electron chi connectivity index (χ3n) is 3.75. The van der Waals surface area contributed by atoms with Crippen LogP contribution in [-0.4, -0.2) is 32.7 Å². The zero-order valence-corrected chi connectivity index (χ0v) is 15.8. The summed E-state index contributed by atoms with van der Waals surface area (Å²) in [7, 11) is -0.434. The van der Waals surface area contributed by atoms with E-state index in [4.69, 9.17) is 11.6 Å². The highest BCUT2D eigenvalue weighted by molar-refractivity contribution is 7.89. The molecule has 134 valence electrons. The van der Waals surface area contributed by atoms with Gasteiger partial charge in [0.25, 0.3) is 0 Å². The second-order valence-corrected chi connectivity index (χ2v) is 8.42. The van der Waals surface area contributed by atoms with E-state index < -0.39 is 10.0 Å². The number of rotatable bonds is 7. The van der Waals surface area contributed by atoms with Crippen molar-refractivity contribution < 1.29 is 13.2 Å². The van der Waals surface area contributed by atoms with Gasteiger partial charge < -0.3 is 5.32 Å². The maximum absolute atomic E-state index is 12.0.